The first kappa shape index (κ1) is 20.8. The molecule has 5 nitrogen and oxygen atoms in total. The van der Waals surface area contributed by atoms with Gasteiger partial charge in [-0.25, -0.2) is 0 Å². The van der Waals surface area contributed by atoms with E-state index in [1.54, 1.807) is 18.9 Å². The third-order valence-corrected chi connectivity index (χ3v) is 5.13. The molecule has 2 aromatic rings. The van der Waals surface area contributed by atoms with Gasteiger partial charge in [0.15, 0.2) is 0 Å². The summed E-state index contributed by atoms with van der Waals surface area (Å²) in [6.45, 7) is 2.01. The molecule has 0 fully saturated rings. The second-order valence-corrected chi connectivity index (χ2v) is 7.40. The fraction of sp³-hybridized carbons (Fsp3) is 0.333. The normalized spacial score (nSPS) is 11.6. The number of para-hydroxylation sites is 1. The second-order valence-electron chi connectivity index (χ2n) is 6.29. The van der Waals surface area contributed by atoms with Gasteiger partial charge in [0.2, 0.25) is 5.91 Å². The predicted molar refractivity (Wildman–Crippen MR) is 110 cm³/mol. The third kappa shape index (κ3) is 6.98. The zero-order chi connectivity index (χ0) is 19.6. The van der Waals surface area contributed by atoms with Gasteiger partial charge >= 0.3 is 5.97 Å². The lowest BCUT2D eigenvalue weighted by Gasteiger charge is -2.15. The van der Waals surface area contributed by atoms with E-state index in [0.29, 0.717) is 17.9 Å². The summed E-state index contributed by atoms with van der Waals surface area (Å²) in [7, 11) is 1.63. The number of anilines is 1. The van der Waals surface area contributed by atoms with Crippen molar-refractivity contribution in [2.24, 2.45) is 0 Å². The van der Waals surface area contributed by atoms with E-state index in [4.69, 9.17) is 9.84 Å². The molecule has 0 aliphatic heterocycles. The number of carbonyl (C=O) groups is 2. The van der Waals surface area contributed by atoms with Crippen LogP contribution in [-0.4, -0.2) is 29.8 Å². The summed E-state index contributed by atoms with van der Waals surface area (Å²) in [6, 6.07) is 15.4. The van der Waals surface area contributed by atoms with Crippen molar-refractivity contribution in [3.63, 3.8) is 0 Å². The highest BCUT2D eigenvalue weighted by Gasteiger charge is 2.15. The highest BCUT2D eigenvalue weighted by atomic mass is 32.2. The Labute approximate surface area is 164 Å². The third-order valence-electron chi connectivity index (χ3n) is 4.10. The van der Waals surface area contributed by atoms with Crippen LogP contribution in [0.15, 0.2) is 48.5 Å². The number of nitrogens with one attached hydrogen (secondary N) is 1. The number of carbonyl (C=O) groups excluding carboxylic acids is 1. The van der Waals surface area contributed by atoms with E-state index in [2.05, 4.69) is 5.32 Å². The zero-order valence-electron chi connectivity index (χ0n) is 15.6. The minimum Gasteiger partial charge on any atom is -0.496 e. The number of methoxy groups -OCH3 is 1. The Kier molecular flexibility index (Phi) is 8.20. The molecule has 0 saturated heterocycles. The number of amides is 1. The highest BCUT2D eigenvalue weighted by Crippen LogP contribution is 2.28. The molecule has 2 N–H and O–H groups in total. The van der Waals surface area contributed by atoms with E-state index in [1.807, 2.05) is 55.5 Å². The molecule has 1 amide bonds. The maximum atomic E-state index is 12.4. The Bertz CT molecular complexity index is 778. The number of hydrogen-bond acceptors (Lipinski definition) is 4. The molecule has 1 unspecified atom stereocenters. The molecular weight excluding hydrogens is 362 g/mol. The molecule has 1 atom stereocenters. The fourth-order valence-electron chi connectivity index (χ4n) is 2.76. The Hall–Kier alpha value is -2.47. The van der Waals surface area contributed by atoms with E-state index in [9.17, 15) is 9.59 Å². The van der Waals surface area contributed by atoms with Gasteiger partial charge in [-0.3, -0.25) is 9.59 Å². The summed E-state index contributed by atoms with van der Waals surface area (Å²) in [5, 5.41) is 11.6. The van der Waals surface area contributed by atoms with Crippen LogP contribution in [0.5, 0.6) is 5.75 Å². The van der Waals surface area contributed by atoms with E-state index in [-0.39, 0.29) is 18.2 Å². The fourth-order valence-corrected chi connectivity index (χ4v) is 3.64. The van der Waals surface area contributed by atoms with Gasteiger partial charge in [-0.15, -0.1) is 0 Å². The average molecular weight is 388 g/mol. The maximum Gasteiger partial charge on any atom is 0.304 e. The van der Waals surface area contributed by atoms with Crippen LogP contribution in [0.25, 0.3) is 0 Å². The molecule has 0 spiro atoms. The Morgan fingerprint density at radius 2 is 1.96 bits per heavy atom. The van der Waals surface area contributed by atoms with Crippen molar-refractivity contribution >= 4 is 29.3 Å². The standard InChI is InChI=1S/C21H25NO4S/c1-15(18-8-3-4-9-19(18)26-2)12-20(23)22-17-7-5-6-16(13-17)14-27-11-10-21(24)25/h3-9,13,15H,10-12,14H2,1-2H3,(H,22,23)(H,24,25). The van der Waals surface area contributed by atoms with Crippen LogP contribution in [0.4, 0.5) is 5.69 Å². The monoisotopic (exact) mass is 387 g/mol. The smallest absolute Gasteiger partial charge is 0.304 e. The van der Waals surface area contributed by atoms with Gasteiger partial charge in [0.1, 0.15) is 5.75 Å². The average Bonchev–Trinajstić information content (AvgIpc) is 2.65. The van der Waals surface area contributed by atoms with Crippen molar-refractivity contribution in [2.45, 2.75) is 31.4 Å². The Balaban J connectivity index is 1.89. The number of carboxylic acid groups (broad SMARTS) is 1. The number of carboxylic acids is 1. The molecular formula is C21H25NO4S. The van der Waals surface area contributed by atoms with Crippen molar-refractivity contribution in [3.05, 3.63) is 59.7 Å². The molecule has 0 radical (unpaired) electrons. The van der Waals surface area contributed by atoms with Crippen LogP contribution < -0.4 is 10.1 Å². The van der Waals surface area contributed by atoms with E-state index in [0.717, 1.165) is 22.6 Å². The SMILES string of the molecule is COc1ccccc1C(C)CC(=O)Nc1cccc(CSCCC(=O)O)c1. The molecule has 2 aromatic carbocycles. The number of ether oxygens (including phenoxy) is 1. The van der Waals surface area contributed by atoms with Crippen LogP contribution in [0.3, 0.4) is 0 Å². The van der Waals surface area contributed by atoms with Crippen LogP contribution in [0, 0.1) is 0 Å². The van der Waals surface area contributed by atoms with Crippen LogP contribution in [-0.2, 0) is 15.3 Å². The van der Waals surface area contributed by atoms with Crippen LogP contribution in [0.1, 0.15) is 36.8 Å². The first-order chi connectivity index (χ1) is 13.0. The molecule has 2 rings (SSSR count). The topological polar surface area (TPSA) is 75.6 Å². The van der Waals surface area contributed by atoms with E-state index in [1.165, 1.54) is 0 Å². The molecule has 0 saturated carbocycles. The molecule has 144 valence electrons. The summed E-state index contributed by atoms with van der Waals surface area (Å²) < 4.78 is 5.37. The van der Waals surface area contributed by atoms with Gasteiger partial charge in [-0.2, -0.15) is 11.8 Å². The predicted octanol–water partition coefficient (Wildman–Crippen LogP) is 4.54. The van der Waals surface area contributed by atoms with Gasteiger partial charge in [-0.05, 0) is 35.2 Å². The molecule has 0 aliphatic rings. The molecule has 6 heteroatoms. The van der Waals surface area contributed by atoms with Crippen LogP contribution in [0.2, 0.25) is 0 Å². The minimum atomic E-state index is -0.785. The van der Waals surface area contributed by atoms with Crippen LogP contribution >= 0.6 is 11.8 Å². The van der Waals surface area contributed by atoms with Gasteiger partial charge in [0, 0.05) is 23.6 Å². The van der Waals surface area contributed by atoms with Gasteiger partial charge in [0.25, 0.3) is 0 Å². The molecule has 0 aliphatic carbocycles. The molecule has 0 aromatic heterocycles. The van der Waals surface area contributed by atoms with Gasteiger partial charge in [0.05, 0.1) is 13.5 Å². The molecule has 27 heavy (non-hydrogen) atoms. The lowest BCUT2D eigenvalue weighted by Crippen LogP contribution is -2.14. The summed E-state index contributed by atoms with van der Waals surface area (Å²) in [4.78, 5) is 23.0. The first-order valence-electron chi connectivity index (χ1n) is 8.81. The van der Waals surface area contributed by atoms with Gasteiger partial charge < -0.3 is 15.2 Å². The minimum absolute atomic E-state index is 0.0379. The Morgan fingerprint density at radius 1 is 1.19 bits per heavy atom. The van der Waals surface area contributed by atoms with Crippen molar-refractivity contribution in [1.29, 1.82) is 0 Å². The molecule has 0 bridgehead atoms. The number of rotatable bonds is 10. The zero-order valence-corrected chi connectivity index (χ0v) is 16.4. The summed E-state index contributed by atoms with van der Waals surface area (Å²) in [5.41, 5.74) is 2.82. The lowest BCUT2D eigenvalue weighted by molar-refractivity contribution is -0.136. The summed E-state index contributed by atoms with van der Waals surface area (Å²) in [5.74, 6) is 1.28. The maximum absolute atomic E-state index is 12.4. The van der Waals surface area contributed by atoms with Crippen molar-refractivity contribution in [3.8, 4) is 5.75 Å². The quantitative estimate of drug-likeness (QED) is 0.586. The number of aliphatic carboxylic acids is 1. The van der Waals surface area contributed by atoms with Gasteiger partial charge in [-0.1, -0.05) is 37.3 Å². The Morgan fingerprint density at radius 3 is 2.70 bits per heavy atom. The van der Waals surface area contributed by atoms with Crippen molar-refractivity contribution < 1.29 is 19.4 Å². The number of hydrogen-bond donors (Lipinski definition) is 2. The van der Waals surface area contributed by atoms with Crippen molar-refractivity contribution in [2.75, 3.05) is 18.2 Å². The summed E-state index contributed by atoms with van der Waals surface area (Å²) >= 11 is 1.57. The second kappa shape index (κ2) is 10.6. The van der Waals surface area contributed by atoms with E-state index < -0.39 is 5.97 Å². The summed E-state index contributed by atoms with van der Waals surface area (Å²) in [6.07, 6.45) is 0.514. The molecule has 0 heterocycles. The lowest BCUT2D eigenvalue weighted by atomic mass is 9.96. The number of benzene rings is 2. The highest BCUT2D eigenvalue weighted by molar-refractivity contribution is 7.98. The van der Waals surface area contributed by atoms with E-state index >= 15 is 0 Å². The number of thioether (sulfide) groups is 1. The first-order valence-corrected chi connectivity index (χ1v) is 9.96. The largest absolute Gasteiger partial charge is 0.496 e. The van der Waals surface area contributed by atoms with Crippen molar-refractivity contribution in [1.82, 2.24) is 0 Å².